The van der Waals surface area contributed by atoms with Crippen LogP contribution in [-0.2, 0) is 15.0 Å². The molecule has 3 aliphatic heterocycles. The molecule has 202 valence electrons. The van der Waals surface area contributed by atoms with Crippen LogP contribution in [0.25, 0.3) is 5.57 Å². The molecule has 2 N–H and O–H groups in total. The molecule has 2 aromatic rings. The number of rotatable bonds is 2. The molecule has 6 rings (SSSR count). The predicted octanol–water partition coefficient (Wildman–Crippen LogP) is 6.15. The average Bonchev–Trinajstić information content (AvgIpc) is 3.39. The summed E-state index contributed by atoms with van der Waals surface area (Å²) in [6, 6.07) is 13.5. The SMILES string of the molecule is CC1(c2ccc(Cl)cc2)CC(C)(C)N2C(=O)/C(=C3\S/C(=N/C(=O)NC4CCCCC4)NC3=O)c3cccc1c32. The third-order valence-corrected chi connectivity index (χ3v) is 9.63. The number of para-hydroxylation sites is 1. The van der Waals surface area contributed by atoms with Crippen molar-refractivity contribution in [1.29, 1.82) is 0 Å². The fraction of sp³-hybridized carbons (Fsp3) is 0.400. The second-order valence-corrected chi connectivity index (χ2v) is 13.1. The first-order valence-corrected chi connectivity index (χ1v) is 14.6. The maximum atomic E-state index is 14.0. The van der Waals surface area contributed by atoms with Crippen molar-refractivity contribution in [1.82, 2.24) is 10.6 Å². The molecule has 39 heavy (non-hydrogen) atoms. The Hall–Kier alpha value is -3.10. The highest BCUT2D eigenvalue weighted by Gasteiger charge is 2.53. The first-order chi connectivity index (χ1) is 18.6. The Kier molecular flexibility index (Phi) is 6.38. The molecule has 7 nitrogen and oxygen atoms in total. The fourth-order valence-electron chi connectivity index (χ4n) is 6.76. The lowest BCUT2D eigenvalue weighted by molar-refractivity contribution is -0.116. The number of anilines is 1. The lowest BCUT2D eigenvalue weighted by atomic mass is 9.65. The van der Waals surface area contributed by atoms with Crippen molar-refractivity contribution in [3.8, 4) is 0 Å². The molecular formula is C30H31ClN4O3S. The zero-order valence-electron chi connectivity index (χ0n) is 22.3. The molecule has 0 radical (unpaired) electrons. The van der Waals surface area contributed by atoms with Crippen molar-refractivity contribution in [3.05, 3.63) is 69.1 Å². The Morgan fingerprint density at radius 2 is 1.79 bits per heavy atom. The molecule has 4 amide bonds. The van der Waals surface area contributed by atoms with Gasteiger partial charge in [0.15, 0.2) is 5.17 Å². The summed E-state index contributed by atoms with van der Waals surface area (Å²) in [4.78, 5) is 46.0. The molecule has 1 saturated carbocycles. The van der Waals surface area contributed by atoms with Crippen molar-refractivity contribution in [3.63, 3.8) is 0 Å². The molecule has 1 aliphatic carbocycles. The van der Waals surface area contributed by atoms with Crippen molar-refractivity contribution >= 4 is 57.6 Å². The number of amidine groups is 1. The number of nitrogens with zero attached hydrogens (tertiary/aromatic N) is 2. The number of thioether (sulfide) groups is 1. The van der Waals surface area contributed by atoms with Crippen LogP contribution in [0.4, 0.5) is 10.5 Å². The van der Waals surface area contributed by atoms with E-state index in [1.54, 1.807) is 0 Å². The van der Waals surface area contributed by atoms with Gasteiger partial charge in [0.05, 0.1) is 16.2 Å². The number of aliphatic imine (C=N–C) groups is 1. The number of hydrogen-bond donors (Lipinski definition) is 2. The van der Waals surface area contributed by atoms with Crippen LogP contribution in [0.3, 0.4) is 0 Å². The molecule has 9 heteroatoms. The summed E-state index contributed by atoms with van der Waals surface area (Å²) in [5.74, 6) is -0.616. The van der Waals surface area contributed by atoms with Gasteiger partial charge in [-0.2, -0.15) is 4.99 Å². The summed E-state index contributed by atoms with van der Waals surface area (Å²) in [5, 5.41) is 6.52. The highest BCUT2D eigenvalue weighted by molar-refractivity contribution is 8.18. The van der Waals surface area contributed by atoms with E-state index in [2.05, 4.69) is 42.5 Å². The molecule has 0 aromatic heterocycles. The number of nitrogens with one attached hydrogen (secondary N) is 2. The van der Waals surface area contributed by atoms with Gasteiger partial charge in [0.25, 0.3) is 11.8 Å². The Morgan fingerprint density at radius 3 is 2.51 bits per heavy atom. The van der Waals surface area contributed by atoms with Crippen molar-refractivity contribution < 1.29 is 14.4 Å². The Bertz CT molecular complexity index is 1460. The number of urea groups is 1. The summed E-state index contributed by atoms with van der Waals surface area (Å²) in [6.45, 7) is 6.33. The minimum Gasteiger partial charge on any atom is -0.333 e. The number of hydrogen-bond acceptors (Lipinski definition) is 4. The van der Waals surface area contributed by atoms with Gasteiger partial charge in [0, 0.05) is 27.6 Å². The van der Waals surface area contributed by atoms with Crippen LogP contribution in [-0.4, -0.2) is 34.6 Å². The summed E-state index contributed by atoms with van der Waals surface area (Å²) >= 11 is 7.25. The molecule has 4 aliphatic rings. The van der Waals surface area contributed by atoms with E-state index in [9.17, 15) is 14.4 Å². The topological polar surface area (TPSA) is 90.9 Å². The first kappa shape index (κ1) is 26.1. The summed E-state index contributed by atoms with van der Waals surface area (Å²) in [5.41, 5.74) is 3.20. The van der Waals surface area contributed by atoms with Crippen molar-refractivity contribution in [2.75, 3.05) is 4.90 Å². The Balaban J connectivity index is 1.39. The van der Waals surface area contributed by atoms with Gasteiger partial charge >= 0.3 is 6.03 Å². The molecule has 1 atom stereocenters. The van der Waals surface area contributed by atoms with Crippen molar-refractivity contribution in [2.24, 2.45) is 4.99 Å². The number of amides is 4. The summed E-state index contributed by atoms with van der Waals surface area (Å²) < 4.78 is 0. The maximum absolute atomic E-state index is 14.0. The molecule has 3 heterocycles. The molecule has 2 fully saturated rings. The molecule has 0 bridgehead atoms. The van der Waals surface area contributed by atoms with E-state index >= 15 is 0 Å². The van der Waals surface area contributed by atoms with E-state index in [1.165, 1.54) is 6.42 Å². The third kappa shape index (κ3) is 4.38. The standard InChI is InChI=1S/C30H31ClN4O3S/c1-29(2)16-30(3,17-12-14-18(31)15-13-17)21-11-7-10-20-22(26(37)35(29)23(20)21)24-25(36)33-28(39-24)34-27(38)32-19-8-5-4-6-9-19/h7,10-15,19H,4-6,8-9,16H2,1-3H3,(H2,32,33,34,36,38)/b24-22-. The lowest BCUT2D eigenvalue weighted by Crippen LogP contribution is -2.54. The van der Waals surface area contributed by atoms with Crippen LogP contribution in [0, 0.1) is 0 Å². The van der Waals surface area contributed by atoms with Gasteiger partial charge in [0.2, 0.25) is 0 Å². The normalized spacial score (nSPS) is 27.1. The monoisotopic (exact) mass is 562 g/mol. The van der Waals surface area contributed by atoms with Gasteiger partial charge in [-0.1, -0.05) is 68.1 Å². The van der Waals surface area contributed by atoms with E-state index in [1.807, 2.05) is 41.3 Å². The van der Waals surface area contributed by atoms with Gasteiger partial charge in [-0.15, -0.1) is 0 Å². The Labute approximate surface area is 237 Å². The lowest BCUT2D eigenvalue weighted by Gasteiger charge is -2.49. The largest absolute Gasteiger partial charge is 0.343 e. The van der Waals surface area contributed by atoms with Gasteiger partial charge in [-0.05, 0) is 68.1 Å². The molecule has 0 spiro atoms. The molecule has 2 aromatic carbocycles. The smallest absolute Gasteiger partial charge is 0.333 e. The second-order valence-electron chi connectivity index (χ2n) is 11.6. The van der Waals surface area contributed by atoms with Crippen LogP contribution in [0.2, 0.25) is 5.02 Å². The van der Waals surface area contributed by atoms with Crippen LogP contribution in [0.5, 0.6) is 0 Å². The quantitative estimate of drug-likeness (QED) is 0.430. The zero-order valence-corrected chi connectivity index (χ0v) is 23.8. The van der Waals surface area contributed by atoms with Gasteiger partial charge < -0.3 is 15.5 Å². The summed E-state index contributed by atoms with van der Waals surface area (Å²) in [7, 11) is 0. The van der Waals surface area contributed by atoms with E-state index in [4.69, 9.17) is 11.6 Å². The summed E-state index contributed by atoms with van der Waals surface area (Å²) in [6.07, 6.45) is 5.96. The van der Waals surface area contributed by atoms with Gasteiger partial charge in [-0.3, -0.25) is 9.59 Å². The molecular weight excluding hydrogens is 532 g/mol. The van der Waals surface area contributed by atoms with Crippen molar-refractivity contribution in [2.45, 2.75) is 76.3 Å². The first-order valence-electron chi connectivity index (χ1n) is 13.5. The number of halogens is 1. The van der Waals surface area contributed by atoms with Gasteiger partial charge in [-0.25, -0.2) is 4.79 Å². The third-order valence-electron chi connectivity index (χ3n) is 8.40. The Morgan fingerprint density at radius 1 is 1.08 bits per heavy atom. The van der Waals surface area contributed by atoms with E-state index in [0.29, 0.717) is 17.0 Å². The van der Waals surface area contributed by atoms with E-state index < -0.39 is 17.5 Å². The van der Waals surface area contributed by atoms with Crippen LogP contribution < -0.4 is 15.5 Å². The number of carbonyl (C=O) groups excluding carboxylic acids is 3. The minimum atomic E-state index is -0.520. The number of carbonyl (C=O) groups is 3. The minimum absolute atomic E-state index is 0.115. The molecule has 1 saturated heterocycles. The predicted molar refractivity (Wildman–Crippen MR) is 156 cm³/mol. The highest BCUT2D eigenvalue weighted by Crippen LogP contribution is 2.57. The van der Waals surface area contributed by atoms with Crippen LogP contribution in [0.1, 0.15) is 76.0 Å². The number of benzene rings is 2. The van der Waals surface area contributed by atoms with E-state index in [-0.39, 0.29) is 27.4 Å². The fourth-order valence-corrected chi connectivity index (χ4v) is 7.79. The maximum Gasteiger partial charge on any atom is 0.343 e. The zero-order chi connectivity index (χ0) is 27.5. The molecule has 1 unspecified atom stereocenters. The second kappa shape index (κ2) is 9.52. The van der Waals surface area contributed by atoms with E-state index in [0.717, 1.165) is 59.8 Å². The van der Waals surface area contributed by atoms with Crippen LogP contribution in [0.15, 0.2) is 52.4 Å². The average molecular weight is 563 g/mol. The van der Waals surface area contributed by atoms with Crippen LogP contribution >= 0.6 is 23.4 Å². The van der Waals surface area contributed by atoms with Gasteiger partial charge in [0.1, 0.15) is 0 Å². The highest BCUT2D eigenvalue weighted by atomic mass is 35.5.